The van der Waals surface area contributed by atoms with Gasteiger partial charge in [-0.1, -0.05) is 43.4 Å². The fourth-order valence-corrected chi connectivity index (χ4v) is 5.04. The molecule has 4 aromatic heterocycles. The van der Waals surface area contributed by atoms with Gasteiger partial charge >= 0.3 is 0 Å². The van der Waals surface area contributed by atoms with E-state index in [1.807, 2.05) is 83.7 Å². The lowest BCUT2D eigenvalue weighted by molar-refractivity contribution is 0.289. The Bertz CT molecular complexity index is 1820. The molecule has 194 valence electrons. The van der Waals surface area contributed by atoms with Gasteiger partial charge in [0.15, 0.2) is 5.82 Å². The van der Waals surface area contributed by atoms with Gasteiger partial charge < -0.3 is 4.74 Å². The van der Waals surface area contributed by atoms with Gasteiger partial charge in [0, 0.05) is 35.3 Å². The molecule has 8 nitrogen and oxygen atoms in total. The predicted octanol–water partition coefficient (Wildman–Crippen LogP) is 5.04. The molecule has 0 spiro atoms. The fraction of sp³-hybridized carbons (Fsp3) is 0.167. The molecule has 2 aromatic carbocycles. The first-order valence-corrected chi connectivity index (χ1v) is 13.6. The quantitative estimate of drug-likeness (QED) is 0.272. The van der Waals surface area contributed by atoms with Crippen molar-refractivity contribution in [2.24, 2.45) is 5.92 Å². The van der Waals surface area contributed by atoms with Crippen LogP contribution in [0.5, 0.6) is 5.75 Å². The van der Waals surface area contributed by atoms with E-state index in [9.17, 15) is 4.79 Å². The smallest absolute Gasteiger partial charge is 0.291 e. The highest BCUT2D eigenvalue weighted by molar-refractivity contribution is 7.15. The summed E-state index contributed by atoms with van der Waals surface area (Å²) in [5.41, 5.74) is 3.99. The van der Waals surface area contributed by atoms with Crippen LogP contribution in [0, 0.1) is 5.92 Å². The van der Waals surface area contributed by atoms with E-state index in [4.69, 9.17) is 9.84 Å². The van der Waals surface area contributed by atoms with E-state index >= 15 is 0 Å². The van der Waals surface area contributed by atoms with Crippen molar-refractivity contribution in [1.29, 1.82) is 0 Å². The van der Waals surface area contributed by atoms with Crippen LogP contribution in [0.25, 0.3) is 39.4 Å². The van der Waals surface area contributed by atoms with Crippen LogP contribution < -0.4 is 14.8 Å². The molecule has 6 rings (SSSR count). The number of nitrogens with zero attached hydrogens (tertiary/aromatic N) is 6. The van der Waals surface area contributed by atoms with Gasteiger partial charge in [-0.15, -0.1) is 5.10 Å². The van der Waals surface area contributed by atoms with Crippen LogP contribution in [0.15, 0.2) is 90.1 Å². The third kappa shape index (κ3) is 5.21. The van der Waals surface area contributed by atoms with Crippen LogP contribution in [-0.4, -0.2) is 36.0 Å². The lowest BCUT2D eigenvalue weighted by Crippen LogP contribution is -2.23. The maximum atomic E-state index is 13.3. The van der Waals surface area contributed by atoms with Crippen molar-refractivity contribution in [2.75, 3.05) is 6.61 Å². The molecule has 0 bridgehead atoms. The van der Waals surface area contributed by atoms with E-state index in [1.165, 1.54) is 15.9 Å². The number of aromatic nitrogens is 6. The van der Waals surface area contributed by atoms with Gasteiger partial charge in [0.2, 0.25) is 4.96 Å². The Kier molecular flexibility index (Phi) is 6.73. The molecule has 0 N–H and O–H groups in total. The Morgan fingerprint density at radius 1 is 0.974 bits per heavy atom. The van der Waals surface area contributed by atoms with E-state index in [0.717, 1.165) is 40.2 Å². The molecule has 0 aliphatic heterocycles. The molecule has 0 fully saturated rings. The Balaban J connectivity index is 1.39. The molecule has 6 aromatic rings. The molecule has 0 radical (unpaired) electrons. The summed E-state index contributed by atoms with van der Waals surface area (Å²) in [6.45, 7) is 5.05. The van der Waals surface area contributed by atoms with Crippen molar-refractivity contribution < 1.29 is 4.74 Å². The van der Waals surface area contributed by atoms with Crippen LogP contribution >= 0.6 is 11.3 Å². The van der Waals surface area contributed by atoms with Crippen LogP contribution in [0.2, 0.25) is 0 Å². The summed E-state index contributed by atoms with van der Waals surface area (Å²) in [5.74, 6) is 1.89. The maximum Gasteiger partial charge on any atom is 0.291 e. The van der Waals surface area contributed by atoms with Crippen LogP contribution in [0.1, 0.15) is 25.8 Å². The zero-order valence-corrected chi connectivity index (χ0v) is 22.4. The van der Waals surface area contributed by atoms with Gasteiger partial charge in [0.25, 0.3) is 5.56 Å². The third-order valence-corrected chi connectivity index (χ3v) is 7.20. The van der Waals surface area contributed by atoms with Gasteiger partial charge in [-0.2, -0.15) is 14.6 Å². The van der Waals surface area contributed by atoms with Crippen molar-refractivity contribution in [3.8, 4) is 34.1 Å². The number of pyridine rings is 1. The number of benzene rings is 2. The van der Waals surface area contributed by atoms with Crippen molar-refractivity contribution in [3.63, 3.8) is 0 Å². The van der Waals surface area contributed by atoms with E-state index < -0.39 is 0 Å². The minimum Gasteiger partial charge on any atom is -0.494 e. The van der Waals surface area contributed by atoms with Crippen molar-refractivity contribution in [1.82, 2.24) is 29.4 Å². The minimum absolute atomic E-state index is 0.218. The second-order valence-corrected chi connectivity index (χ2v) is 10.6. The topological polar surface area (TPSA) is 87.2 Å². The molecular formula is C30H26N6O2S. The molecule has 9 heteroatoms. The average Bonchev–Trinajstić information content (AvgIpc) is 3.65. The van der Waals surface area contributed by atoms with Crippen LogP contribution in [0.3, 0.4) is 0 Å². The highest BCUT2D eigenvalue weighted by atomic mass is 32.1. The molecule has 0 amide bonds. The van der Waals surface area contributed by atoms with Gasteiger partial charge in [-0.3, -0.25) is 9.78 Å². The molecule has 0 atom stereocenters. The zero-order chi connectivity index (χ0) is 26.8. The molecule has 39 heavy (non-hydrogen) atoms. The largest absolute Gasteiger partial charge is 0.494 e. The number of hydrogen-bond donors (Lipinski definition) is 0. The third-order valence-electron chi connectivity index (χ3n) is 6.24. The molecule has 0 saturated carbocycles. The predicted molar refractivity (Wildman–Crippen MR) is 153 cm³/mol. The lowest BCUT2D eigenvalue weighted by Gasteiger charge is -2.08. The fourth-order valence-electron chi connectivity index (χ4n) is 4.14. The van der Waals surface area contributed by atoms with Crippen molar-refractivity contribution in [2.45, 2.75) is 20.3 Å². The Labute approximate surface area is 228 Å². The second kappa shape index (κ2) is 10.6. The number of ether oxygens (including phenoxy) is 1. The van der Waals surface area contributed by atoms with Gasteiger partial charge in [-0.05, 0) is 66.9 Å². The van der Waals surface area contributed by atoms with E-state index in [0.29, 0.717) is 27.8 Å². The standard InChI is InChI=1S/C30H26N6O2S/c1-20(2)14-16-38-25-12-10-21(11-13-25)27-23(19-35(33-27)24-8-4-3-5-9-24)17-26-29(37)36-30(39-26)32-28(34-36)22-7-6-15-31-18-22/h3-13,15,17-20H,14,16H2,1-2H3/b26-17+. The minimum atomic E-state index is -0.218. The summed E-state index contributed by atoms with van der Waals surface area (Å²) in [6, 6.07) is 21.5. The molecule has 0 unspecified atom stereocenters. The van der Waals surface area contributed by atoms with Gasteiger partial charge in [0.1, 0.15) is 11.4 Å². The van der Waals surface area contributed by atoms with E-state index in [2.05, 4.69) is 28.9 Å². The summed E-state index contributed by atoms with van der Waals surface area (Å²) in [6.07, 6.45) is 8.18. The maximum absolute atomic E-state index is 13.3. The number of para-hydroxylation sites is 1. The van der Waals surface area contributed by atoms with Gasteiger partial charge in [0.05, 0.1) is 16.8 Å². The highest BCUT2D eigenvalue weighted by Crippen LogP contribution is 2.27. The van der Waals surface area contributed by atoms with Crippen LogP contribution in [-0.2, 0) is 0 Å². The number of fused-ring (bicyclic) bond motifs is 1. The molecular weight excluding hydrogens is 508 g/mol. The summed E-state index contributed by atoms with van der Waals surface area (Å²) in [7, 11) is 0. The summed E-state index contributed by atoms with van der Waals surface area (Å²) in [5, 5.41) is 9.32. The van der Waals surface area contributed by atoms with Gasteiger partial charge in [-0.25, -0.2) is 4.68 Å². The Hall–Kier alpha value is -4.63. The second-order valence-electron chi connectivity index (χ2n) is 9.56. The molecule has 4 heterocycles. The first kappa shape index (κ1) is 24.7. The van der Waals surface area contributed by atoms with Crippen molar-refractivity contribution in [3.05, 3.63) is 106 Å². The number of thiazole rings is 1. The first-order valence-electron chi connectivity index (χ1n) is 12.8. The summed E-state index contributed by atoms with van der Waals surface area (Å²) in [4.78, 5) is 22.5. The Morgan fingerprint density at radius 2 is 1.79 bits per heavy atom. The summed E-state index contributed by atoms with van der Waals surface area (Å²) >= 11 is 1.30. The van der Waals surface area contributed by atoms with E-state index in [1.54, 1.807) is 12.4 Å². The normalized spacial score (nSPS) is 12.0. The first-order chi connectivity index (χ1) is 19.0. The van der Waals surface area contributed by atoms with Crippen molar-refractivity contribution >= 4 is 22.4 Å². The summed E-state index contributed by atoms with van der Waals surface area (Å²) < 4.78 is 9.61. The SMILES string of the molecule is CC(C)CCOc1ccc(-c2nn(-c3ccccc3)cc2/C=c2/sc3nc(-c4cccnc4)nn3c2=O)cc1. The molecule has 0 saturated heterocycles. The highest BCUT2D eigenvalue weighted by Gasteiger charge is 2.15. The number of hydrogen-bond acceptors (Lipinski definition) is 7. The Morgan fingerprint density at radius 3 is 2.51 bits per heavy atom. The average molecular weight is 535 g/mol. The molecule has 0 aliphatic carbocycles. The molecule has 0 aliphatic rings. The monoisotopic (exact) mass is 534 g/mol. The lowest BCUT2D eigenvalue weighted by atomic mass is 10.1. The number of rotatable bonds is 8. The van der Waals surface area contributed by atoms with Crippen LogP contribution in [0.4, 0.5) is 0 Å². The zero-order valence-electron chi connectivity index (χ0n) is 21.6. The van der Waals surface area contributed by atoms with E-state index in [-0.39, 0.29) is 5.56 Å².